The number of hydrogen-bond acceptors (Lipinski definition) is 4. The first kappa shape index (κ1) is 16.9. The maximum atomic E-state index is 12.5. The van der Waals surface area contributed by atoms with Crippen LogP contribution in [-0.4, -0.2) is 50.6 Å². The highest BCUT2D eigenvalue weighted by Crippen LogP contribution is 2.38. The number of aliphatic hydroxyl groups is 1. The molecule has 6 heteroatoms. The lowest BCUT2D eigenvalue weighted by Crippen LogP contribution is -2.41. The Bertz CT molecular complexity index is 498. The van der Waals surface area contributed by atoms with Crippen LogP contribution in [0.4, 0.5) is 0 Å². The lowest BCUT2D eigenvalue weighted by molar-refractivity contribution is 0.0619. The number of carbonyl (C=O) groups excluding carboxylic acids is 1. The summed E-state index contributed by atoms with van der Waals surface area (Å²) in [5, 5.41) is 16.7. The molecular weight excluding hydrogens is 280 g/mol. The fourth-order valence-electron chi connectivity index (χ4n) is 3.28. The predicted molar refractivity (Wildman–Crippen MR) is 84.4 cm³/mol. The van der Waals surface area contributed by atoms with E-state index in [0.29, 0.717) is 17.7 Å². The highest BCUT2D eigenvalue weighted by Gasteiger charge is 2.32. The average Bonchev–Trinajstić information content (AvgIpc) is 2.94. The molecule has 0 radical (unpaired) electrons. The fraction of sp³-hybridized carbons (Fsp3) is 0.812. The van der Waals surface area contributed by atoms with E-state index in [4.69, 9.17) is 5.11 Å². The molecule has 1 aromatic rings. The molecule has 1 aliphatic rings. The Hall–Kier alpha value is -1.43. The van der Waals surface area contributed by atoms with Crippen molar-refractivity contribution in [2.45, 2.75) is 59.0 Å². The van der Waals surface area contributed by atoms with Crippen molar-refractivity contribution < 1.29 is 9.90 Å². The van der Waals surface area contributed by atoms with Crippen molar-refractivity contribution in [3.63, 3.8) is 0 Å². The number of rotatable bonds is 4. The number of aliphatic hydroxyl groups excluding tert-OH is 1. The first-order chi connectivity index (χ1) is 10.3. The molecule has 1 fully saturated rings. The SMILES string of the molecule is CN(C(=O)c1cn(CCO)nn1)C1CCC(C(C)(C)C)CC1. The topological polar surface area (TPSA) is 71.2 Å². The molecule has 124 valence electrons. The summed E-state index contributed by atoms with van der Waals surface area (Å²) in [4.78, 5) is 14.3. The summed E-state index contributed by atoms with van der Waals surface area (Å²) >= 11 is 0. The lowest BCUT2D eigenvalue weighted by atomic mass is 9.71. The van der Waals surface area contributed by atoms with Crippen LogP contribution in [-0.2, 0) is 6.54 Å². The van der Waals surface area contributed by atoms with Crippen LogP contribution in [0, 0.1) is 11.3 Å². The third-order valence-corrected chi connectivity index (χ3v) is 4.88. The van der Waals surface area contributed by atoms with Crippen LogP contribution >= 0.6 is 0 Å². The molecule has 6 nitrogen and oxygen atoms in total. The monoisotopic (exact) mass is 308 g/mol. The van der Waals surface area contributed by atoms with Gasteiger partial charge in [0.25, 0.3) is 5.91 Å². The maximum absolute atomic E-state index is 12.5. The van der Waals surface area contributed by atoms with Crippen molar-refractivity contribution in [3.05, 3.63) is 11.9 Å². The molecule has 1 aliphatic carbocycles. The smallest absolute Gasteiger partial charge is 0.276 e. The molecule has 1 aromatic heterocycles. The molecule has 0 unspecified atom stereocenters. The van der Waals surface area contributed by atoms with Crippen molar-refractivity contribution >= 4 is 5.91 Å². The van der Waals surface area contributed by atoms with Gasteiger partial charge in [-0.3, -0.25) is 4.79 Å². The third kappa shape index (κ3) is 3.85. The fourth-order valence-corrected chi connectivity index (χ4v) is 3.28. The Balaban J connectivity index is 1.94. The van der Waals surface area contributed by atoms with Crippen molar-refractivity contribution in [2.75, 3.05) is 13.7 Å². The molecule has 1 heterocycles. The molecule has 0 spiro atoms. The van der Waals surface area contributed by atoms with E-state index in [-0.39, 0.29) is 18.6 Å². The Morgan fingerprint density at radius 2 is 2.00 bits per heavy atom. The molecule has 1 amide bonds. The molecule has 0 atom stereocenters. The molecule has 0 aliphatic heterocycles. The first-order valence-electron chi connectivity index (χ1n) is 8.11. The van der Waals surface area contributed by atoms with Crippen LogP contribution in [0.15, 0.2) is 6.20 Å². The van der Waals surface area contributed by atoms with Crippen LogP contribution in [0.2, 0.25) is 0 Å². The Morgan fingerprint density at radius 1 is 1.36 bits per heavy atom. The van der Waals surface area contributed by atoms with Crippen molar-refractivity contribution in [1.82, 2.24) is 19.9 Å². The van der Waals surface area contributed by atoms with Gasteiger partial charge in [-0.2, -0.15) is 0 Å². The van der Waals surface area contributed by atoms with Gasteiger partial charge in [-0.15, -0.1) is 5.10 Å². The highest BCUT2D eigenvalue weighted by atomic mass is 16.3. The molecule has 22 heavy (non-hydrogen) atoms. The predicted octanol–water partition coefficient (Wildman–Crippen LogP) is 1.95. The minimum absolute atomic E-state index is 0.0103. The van der Waals surface area contributed by atoms with Gasteiger partial charge in [0.15, 0.2) is 5.69 Å². The Labute approximate surface area is 132 Å². The van der Waals surface area contributed by atoms with Crippen LogP contribution in [0.25, 0.3) is 0 Å². The summed E-state index contributed by atoms with van der Waals surface area (Å²) in [6.45, 7) is 7.25. The first-order valence-corrected chi connectivity index (χ1v) is 8.11. The van der Waals surface area contributed by atoms with Crippen molar-refractivity contribution in [3.8, 4) is 0 Å². The minimum Gasteiger partial charge on any atom is -0.394 e. The summed E-state index contributed by atoms with van der Waals surface area (Å²) in [7, 11) is 1.86. The summed E-state index contributed by atoms with van der Waals surface area (Å²) < 4.78 is 1.50. The molecule has 0 bridgehead atoms. The molecule has 0 saturated heterocycles. The van der Waals surface area contributed by atoms with Gasteiger partial charge in [0, 0.05) is 13.1 Å². The van der Waals surface area contributed by atoms with Gasteiger partial charge >= 0.3 is 0 Å². The zero-order valence-electron chi connectivity index (χ0n) is 14.1. The summed E-state index contributed by atoms with van der Waals surface area (Å²) in [6.07, 6.45) is 6.05. The summed E-state index contributed by atoms with van der Waals surface area (Å²) in [6, 6.07) is 0.286. The Kier molecular flexibility index (Phi) is 5.21. The van der Waals surface area contributed by atoms with Crippen LogP contribution in [0.1, 0.15) is 56.9 Å². The van der Waals surface area contributed by atoms with Gasteiger partial charge in [-0.05, 0) is 37.0 Å². The van der Waals surface area contributed by atoms with Gasteiger partial charge in [-0.25, -0.2) is 4.68 Å². The maximum Gasteiger partial charge on any atom is 0.276 e. The second kappa shape index (κ2) is 6.77. The molecule has 1 saturated carbocycles. The van der Waals surface area contributed by atoms with E-state index in [0.717, 1.165) is 18.8 Å². The second-order valence-corrected chi connectivity index (χ2v) is 7.38. The van der Waals surface area contributed by atoms with Crippen molar-refractivity contribution in [2.24, 2.45) is 11.3 Å². The Morgan fingerprint density at radius 3 is 2.55 bits per heavy atom. The second-order valence-electron chi connectivity index (χ2n) is 7.38. The molecular formula is C16H28N4O2. The number of nitrogens with zero attached hydrogens (tertiary/aromatic N) is 4. The van der Waals surface area contributed by atoms with Gasteiger partial charge in [0.1, 0.15) is 0 Å². The van der Waals surface area contributed by atoms with Gasteiger partial charge in [0.2, 0.25) is 0 Å². The van der Waals surface area contributed by atoms with Gasteiger partial charge in [0.05, 0.1) is 19.3 Å². The van der Waals surface area contributed by atoms with E-state index >= 15 is 0 Å². The largest absolute Gasteiger partial charge is 0.394 e. The van der Waals surface area contributed by atoms with E-state index in [9.17, 15) is 4.79 Å². The number of amides is 1. The number of hydrogen-bond donors (Lipinski definition) is 1. The van der Waals surface area contributed by atoms with Crippen LogP contribution in [0.5, 0.6) is 0 Å². The van der Waals surface area contributed by atoms with Crippen LogP contribution < -0.4 is 0 Å². The van der Waals surface area contributed by atoms with E-state index in [1.165, 1.54) is 17.5 Å². The standard InChI is InChI=1S/C16H28N4O2/c1-16(2,3)12-5-7-13(8-6-12)19(4)15(22)14-11-20(9-10-21)18-17-14/h11-13,21H,5-10H2,1-4H3. The van der Waals surface area contributed by atoms with E-state index in [2.05, 4.69) is 31.1 Å². The van der Waals surface area contributed by atoms with E-state index in [1.54, 1.807) is 6.20 Å². The van der Waals surface area contributed by atoms with E-state index < -0.39 is 0 Å². The summed E-state index contributed by atoms with van der Waals surface area (Å²) in [5.41, 5.74) is 0.703. The number of carbonyl (C=O) groups is 1. The highest BCUT2D eigenvalue weighted by molar-refractivity contribution is 5.91. The van der Waals surface area contributed by atoms with Gasteiger partial charge in [-0.1, -0.05) is 26.0 Å². The average molecular weight is 308 g/mol. The van der Waals surface area contributed by atoms with Gasteiger partial charge < -0.3 is 10.0 Å². The molecule has 2 rings (SSSR count). The van der Waals surface area contributed by atoms with E-state index in [1.807, 2.05) is 11.9 Å². The van der Waals surface area contributed by atoms with Crippen LogP contribution in [0.3, 0.4) is 0 Å². The number of aromatic nitrogens is 3. The quantitative estimate of drug-likeness (QED) is 0.923. The zero-order valence-corrected chi connectivity index (χ0v) is 14.1. The minimum atomic E-state index is -0.0802. The lowest BCUT2D eigenvalue weighted by Gasteiger charge is -2.39. The normalized spacial score (nSPS) is 22.6. The zero-order chi connectivity index (χ0) is 16.3. The van der Waals surface area contributed by atoms with Crippen molar-refractivity contribution in [1.29, 1.82) is 0 Å². The molecule has 1 N–H and O–H groups in total. The molecule has 0 aromatic carbocycles. The summed E-state index contributed by atoms with van der Waals surface area (Å²) in [5.74, 6) is 0.654. The third-order valence-electron chi connectivity index (χ3n) is 4.88.